The molecule has 0 saturated carbocycles. The van der Waals surface area contributed by atoms with Crippen molar-refractivity contribution in [1.82, 2.24) is 4.98 Å². The zero-order valence-corrected chi connectivity index (χ0v) is 11.6. The van der Waals surface area contributed by atoms with Crippen molar-refractivity contribution in [1.29, 1.82) is 0 Å². The molecule has 0 atom stereocenters. The minimum absolute atomic E-state index is 0.112. The summed E-state index contributed by atoms with van der Waals surface area (Å²) in [6.45, 7) is 0. The first-order valence-corrected chi connectivity index (χ1v) is 6.66. The van der Waals surface area contributed by atoms with Crippen molar-refractivity contribution in [3.8, 4) is 0 Å². The number of nitrogens with one attached hydrogen (secondary N) is 2. The Kier molecular flexibility index (Phi) is 3.09. The van der Waals surface area contributed by atoms with Crippen molar-refractivity contribution in [3.05, 3.63) is 64.8 Å². The molecule has 0 unspecified atom stereocenters. The maximum absolute atomic E-state index is 12.1. The molecule has 1 aromatic heterocycles. The molecule has 0 bridgehead atoms. The molecule has 1 amide bonds. The quantitative estimate of drug-likeness (QED) is 0.732. The van der Waals surface area contributed by atoms with Crippen LogP contribution in [0, 0.1) is 0 Å². The van der Waals surface area contributed by atoms with Crippen LogP contribution < -0.4 is 5.32 Å². The second-order valence-electron chi connectivity index (χ2n) is 4.24. The van der Waals surface area contributed by atoms with Crippen molar-refractivity contribution < 1.29 is 4.79 Å². The fourth-order valence-electron chi connectivity index (χ4n) is 1.93. The van der Waals surface area contributed by atoms with Gasteiger partial charge in [-0.2, -0.15) is 0 Å². The van der Waals surface area contributed by atoms with E-state index in [-0.39, 0.29) is 5.91 Å². The molecule has 0 fully saturated rings. The summed E-state index contributed by atoms with van der Waals surface area (Å²) >= 11 is 3.36. The molecule has 3 nitrogen and oxygen atoms in total. The molecule has 0 saturated heterocycles. The van der Waals surface area contributed by atoms with E-state index in [4.69, 9.17) is 0 Å². The summed E-state index contributed by atoms with van der Waals surface area (Å²) in [6.07, 6.45) is 1.86. The second-order valence-corrected chi connectivity index (χ2v) is 5.16. The number of benzene rings is 2. The van der Waals surface area contributed by atoms with Crippen LogP contribution in [0.3, 0.4) is 0 Å². The van der Waals surface area contributed by atoms with Gasteiger partial charge in [-0.3, -0.25) is 4.79 Å². The Balaban J connectivity index is 1.84. The molecule has 0 aliphatic rings. The number of H-pyrrole nitrogens is 1. The molecule has 4 heteroatoms. The molecular weight excluding hydrogens is 304 g/mol. The number of aromatic amines is 1. The van der Waals surface area contributed by atoms with Crippen LogP contribution in [0.5, 0.6) is 0 Å². The van der Waals surface area contributed by atoms with Crippen molar-refractivity contribution in [2.75, 3.05) is 5.32 Å². The first-order valence-electron chi connectivity index (χ1n) is 5.86. The van der Waals surface area contributed by atoms with Gasteiger partial charge in [0.15, 0.2) is 0 Å². The fraction of sp³-hybridized carbons (Fsp3) is 0. The fourth-order valence-corrected chi connectivity index (χ4v) is 2.19. The number of rotatable bonds is 2. The summed E-state index contributed by atoms with van der Waals surface area (Å²) in [4.78, 5) is 15.2. The van der Waals surface area contributed by atoms with Crippen LogP contribution in [0.2, 0.25) is 0 Å². The smallest absolute Gasteiger partial charge is 0.255 e. The average molecular weight is 315 g/mol. The minimum atomic E-state index is -0.112. The Bertz CT molecular complexity index is 731. The van der Waals surface area contributed by atoms with Crippen LogP contribution in [0.1, 0.15) is 10.4 Å². The lowest BCUT2D eigenvalue weighted by Gasteiger charge is -2.05. The molecule has 1 heterocycles. The Morgan fingerprint density at radius 2 is 1.84 bits per heavy atom. The lowest BCUT2D eigenvalue weighted by atomic mass is 10.1. The Labute approximate surface area is 118 Å². The van der Waals surface area contributed by atoms with Crippen LogP contribution in [-0.2, 0) is 0 Å². The highest BCUT2D eigenvalue weighted by atomic mass is 79.9. The monoisotopic (exact) mass is 314 g/mol. The molecule has 2 N–H and O–H groups in total. The molecule has 2 aromatic carbocycles. The first kappa shape index (κ1) is 12.0. The van der Waals surface area contributed by atoms with Crippen molar-refractivity contribution >= 4 is 38.4 Å². The van der Waals surface area contributed by atoms with Gasteiger partial charge in [-0.25, -0.2) is 0 Å². The van der Waals surface area contributed by atoms with Gasteiger partial charge in [-0.15, -0.1) is 0 Å². The standard InChI is InChI=1S/C15H11BrN2O/c16-12-3-5-13(6-4-12)18-15(19)11-2-1-10-7-8-17-14(10)9-11/h1-9,17H,(H,18,19). The lowest BCUT2D eigenvalue weighted by molar-refractivity contribution is 0.102. The molecule has 0 spiro atoms. The SMILES string of the molecule is O=C(Nc1ccc(Br)cc1)c1ccc2cc[nH]c2c1. The van der Waals surface area contributed by atoms with Gasteiger partial charge in [0.1, 0.15) is 0 Å². The Morgan fingerprint density at radius 3 is 2.63 bits per heavy atom. The maximum Gasteiger partial charge on any atom is 0.255 e. The highest BCUT2D eigenvalue weighted by molar-refractivity contribution is 9.10. The molecule has 19 heavy (non-hydrogen) atoms. The molecule has 0 radical (unpaired) electrons. The van der Waals surface area contributed by atoms with Crippen LogP contribution in [0.25, 0.3) is 10.9 Å². The van der Waals surface area contributed by atoms with Crippen LogP contribution >= 0.6 is 15.9 Å². The number of anilines is 1. The summed E-state index contributed by atoms with van der Waals surface area (Å²) in [5.74, 6) is -0.112. The van der Waals surface area contributed by atoms with Gasteiger partial charge < -0.3 is 10.3 Å². The highest BCUT2D eigenvalue weighted by Crippen LogP contribution is 2.17. The number of hydrogen-bond donors (Lipinski definition) is 2. The van der Waals surface area contributed by atoms with E-state index in [2.05, 4.69) is 26.2 Å². The predicted octanol–water partition coefficient (Wildman–Crippen LogP) is 4.18. The van der Waals surface area contributed by atoms with Gasteiger partial charge in [-0.1, -0.05) is 22.0 Å². The van der Waals surface area contributed by atoms with Gasteiger partial charge in [0, 0.05) is 27.4 Å². The largest absolute Gasteiger partial charge is 0.361 e. The summed E-state index contributed by atoms with van der Waals surface area (Å²) in [5, 5.41) is 3.97. The Hall–Kier alpha value is -2.07. The summed E-state index contributed by atoms with van der Waals surface area (Å²) in [5.41, 5.74) is 2.38. The molecule has 0 aliphatic carbocycles. The van der Waals surface area contributed by atoms with Gasteiger partial charge in [0.2, 0.25) is 0 Å². The van der Waals surface area contributed by atoms with Gasteiger partial charge >= 0.3 is 0 Å². The molecular formula is C15H11BrN2O. The number of amides is 1. The normalized spacial score (nSPS) is 10.6. The van der Waals surface area contributed by atoms with E-state index in [1.54, 1.807) is 0 Å². The number of carbonyl (C=O) groups excluding carboxylic acids is 1. The van der Waals surface area contributed by atoms with Crippen molar-refractivity contribution in [3.63, 3.8) is 0 Å². The summed E-state index contributed by atoms with van der Waals surface area (Å²) in [7, 11) is 0. The van der Waals surface area contributed by atoms with E-state index in [1.807, 2.05) is 54.7 Å². The second kappa shape index (κ2) is 4.90. The van der Waals surface area contributed by atoms with E-state index in [1.165, 1.54) is 0 Å². The molecule has 94 valence electrons. The Morgan fingerprint density at radius 1 is 1.05 bits per heavy atom. The number of carbonyl (C=O) groups is 1. The van der Waals surface area contributed by atoms with E-state index in [0.29, 0.717) is 5.56 Å². The van der Waals surface area contributed by atoms with Crippen LogP contribution in [0.15, 0.2) is 59.2 Å². The number of aromatic nitrogens is 1. The third-order valence-electron chi connectivity index (χ3n) is 2.92. The maximum atomic E-state index is 12.1. The zero-order valence-electron chi connectivity index (χ0n) is 9.98. The summed E-state index contributed by atoms with van der Waals surface area (Å²) < 4.78 is 0.985. The van der Waals surface area contributed by atoms with E-state index >= 15 is 0 Å². The van der Waals surface area contributed by atoms with E-state index in [9.17, 15) is 4.79 Å². The lowest BCUT2D eigenvalue weighted by Crippen LogP contribution is -2.11. The van der Waals surface area contributed by atoms with E-state index < -0.39 is 0 Å². The summed E-state index contributed by atoms with van der Waals surface area (Å²) in [6, 6.07) is 15.1. The third kappa shape index (κ3) is 2.53. The highest BCUT2D eigenvalue weighted by Gasteiger charge is 2.07. The van der Waals surface area contributed by atoms with Gasteiger partial charge in [0.05, 0.1) is 0 Å². The number of halogens is 1. The van der Waals surface area contributed by atoms with Crippen LogP contribution in [-0.4, -0.2) is 10.9 Å². The minimum Gasteiger partial charge on any atom is -0.361 e. The first-order chi connectivity index (χ1) is 9.22. The molecule has 0 aliphatic heterocycles. The topological polar surface area (TPSA) is 44.9 Å². The predicted molar refractivity (Wildman–Crippen MR) is 80.4 cm³/mol. The third-order valence-corrected chi connectivity index (χ3v) is 3.45. The van der Waals surface area contributed by atoms with Crippen molar-refractivity contribution in [2.45, 2.75) is 0 Å². The van der Waals surface area contributed by atoms with Gasteiger partial charge in [-0.05, 0) is 47.9 Å². The molecule has 3 aromatic rings. The molecule has 3 rings (SSSR count). The number of hydrogen-bond acceptors (Lipinski definition) is 1. The van der Waals surface area contributed by atoms with E-state index in [0.717, 1.165) is 21.1 Å². The van der Waals surface area contributed by atoms with Gasteiger partial charge in [0.25, 0.3) is 5.91 Å². The zero-order chi connectivity index (χ0) is 13.2. The van der Waals surface area contributed by atoms with Crippen LogP contribution in [0.4, 0.5) is 5.69 Å². The van der Waals surface area contributed by atoms with Crippen molar-refractivity contribution in [2.24, 2.45) is 0 Å². The average Bonchev–Trinajstić information content (AvgIpc) is 2.88. The number of fused-ring (bicyclic) bond motifs is 1.